The standard InChI is InChI=1S/C15H21F4N4O7PS/c1-2-3-8(21-13(24)15(17,18)19)5-28-31(26,27)29-6-11-30-10(7-32-11)23-4-9(16)12(20)22-14(23)25/h4,8,10-11H,2-3,5-7H2,1H3,(H,21,24)(H,26,27)(H2,20,22,25)/t8-,10+,11-/m1/s1. The quantitative estimate of drug-likeness (QED) is 0.313. The highest BCUT2D eigenvalue weighted by Crippen LogP contribution is 2.45. The molecule has 0 radical (unpaired) electrons. The average molecular weight is 508 g/mol. The molecule has 0 bridgehead atoms. The van der Waals surface area contributed by atoms with Crippen molar-refractivity contribution in [2.45, 2.75) is 43.6 Å². The lowest BCUT2D eigenvalue weighted by Gasteiger charge is -2.21. The van der Waals surface area contributed by atoms with Crippen LogP contribution >= 0.6 is 19.6 Å². The molecule has 182 valence electrons. The fourth-order valence-corrected chi connectivity index (χ4v) is 4.39. The van der Waals surface area contributed by atoms with Crippen LogP contribution in [0, 0.1) is 5.82 Å². The summed E-state index contributed by atoms with van der Waals surface area (Å²) in [5, 5.41) is 1.68. The number of halogens is 4. The molecule has 4 N–H and O–H groups in total. The van der Waals surface area contributed by atoms with Crippen molar-refractivity contribution in [3.63, 3.8) is 0 Å². The zero-order valence-corrected chi connectivity index (χ0v) is 18.3. The third kappa shape index (κ3) is 7.71. The van der Waals surface area contributed by atoms with Crippen LogP contribution < -0.4 is 16.7 Å². The number of anilines is 1. The lowest BCUT2D eigenvalue weighted by Crippen LogP contribution is -2.45. The number of nitrogens with two attached hydrogens (primary N) is 1. The van der Waals surface area contributed by atoms with Gasteiger partial charge in [-0.2, -0.15) is 18.2 Å². The molecule has 1 fully saturated rings. The molecule has 2 rings (SSSR count). The number of hydrogen-bond donors (Lipinski definition) is 3. The minimum absolute atomic E-state index is 0.0615. The molecule has 0 aliphatic carbocycles. The summed E-state index contributed by atoms with van der Waals surface area (Å²) in [6.07, 6.45) is -4.79. The number of hydrogen-bond acceptors (Lipinski definition) is 9. The molecule has 1 aromatic heterocycles. The SMILES string of the molecule is CCC[C@H](COP(=O)(O)OC[C@@H]1O[C@H](n2cc(F)c(N)nc2=O)CS1)NC(=O)C(F)(F)F. The van der Waals surface area contributed by atoms with Gasteiger partial charge in [-0.1, -0.05) is 13.3 Å². The Balaban J connectivity index is 1.86. The number of carbonyl (C=O) groups excluding carboxylic acids is 1. The summed E-state index contributed by atoms with van der Waals surface area (Å²) in [6, 6.07) is -1.17. The van der Waals surface area contributed by atoms with E-state index >= 15 is 0 Å². The monoisotopic (exact) mass is 508 g/mol. The molecule has 1 amide bonds. The number of nitrogens with one attached hydrogen (secondary N) is 1. The predicted molar refractivity (Wildman–Crippen MR) is 104 cm³/mol. The summed E-state index contributed by atoms with van der Waals surface area (Å²) in [5.41, 5.74) is 3.52. The first-order chi connectivity index (χ1) is 14.8. The number of phosphoric acid groups is 1. The van der Waals surface area contributed by atoms with Crippen molar-refractivity contribution < 1.29 is 45.6 Å². The van der Waals surface area contributed by atoms with Gasteiger partial charge < -0.3 is 20.7 Å². The van der Waals surface area contributed by atoms with E-state index < -0.39 is 68.2 Å². The molecule has 1 aliphatic rings. The minimum Gasteiger partial charge on any atom is -0.381 e. The highest BCUT2D eigenvalue weighted by molar-refractivity contribution is 8.00. The number of phosphoric ester groups is 1. The Morgan fingerprint density at radius 1 is 1.53 bits per heavy atom. The smallest absolute Gasteiger partial charge is 0.381 e. The molecular weight excluding hydrogens is 487 g/mol. The maximum absolute atomic E-state index is 13.6. The second-order valence-electron chi connectivity index (χ2n) is 6.53. The number of nitrogens with zero attached hydrogens (tertiary/aromatic N) is 2. The number of thioether (sulfide) groups is 1. The van der Waals surface area contributed by atoms with Crippen molar-refractivity contribution in [3.05, 3.63) is 22.5 Å². The minimum atomic E-state index is -5.11. The van der Waals surface area contributed by atoms with Gasteiger partial charge in [-0.3, -0.25) is 18.4 Å². The molecule has 0 spiro atoms. The first-order valence-electron chi connectivity index (χ1n) is 9.13. The molecule has 1 saturated heterocycles. The van der Waals surface area contributed by atoms with Crippen molar-refractivity contribution in [1.82, 2.24) is 14.9 Å². The maximum Gasteiger partial charge on any atom is 0.472 e. The summed E-state index contributed by atoms with van der Waals surface area (Å²) in [6.45, 7) is 0.457. The van der Waals surface area contributed by atoms with E-state index in [1.54, 1.807) is 12.2 Å². The van der Waals surface area contributed by atoms with Crippen LogP contribution in [0.15, 0.2) is 11.0 Å². The van der Waals surface area contributed by atoms with Crippen molar-refractivity contribution in [1.29, 1.82) is 0 Å². The lowest BCUT2D eigenvalue weighted by atomic mass is 10.2. The number of nitrogen functional groups attached to an aromatic ring is 1. The van der Waals surface area contributed by atoms with E-state index in [2.05, 4.69) is 4.98 Å². The van der Waals surface area contributed by atoms with Crippen LogP contribution in [0.4, 0.5) is 23.4 Å². The van der Waals surface area contributed by atoms with E-state index in [0.29, 0.717) is 6.42 Å². The maximum atomic E-state index is 13.6. The molecule has 11 nitrogen and oxygen atoms in total. The fraction of sp³-hybridized carbons (Fsp3) is 0.667. The Morgan fingerprint density at radius 2 is 2.22 bits per heavy atom. The zero-order chi connectivity index (χ0) is 24.1. The largest absolute Gasteiger partial charge is 0.472 e. The highest BCUT2D eigenvalue weighted by atomic mass is 32.2. The van der Waals surface area contributed by atoms with Crippen molar-refractivity contribution in [2.75, 3.05) is 24.7 Å². The van der Waals surface area contributed by atoms with Gasteiger partial charge in [0.05, 0.1) is 25.5 Å². The Labute approximate surface area is 183 Å². The van der Waals surface area contributed by atoms with E-state index in [1.165, 1.54) is 0 Å². The Morgan fingerprint density at radius 3 is 2.84 bits per heavy atom. The normalized spacial score (nSPS) is 21.8. The first-order valence-corrected chi connectivity index (χ1v) is 11.7. The molecule has 0 aromatic carbocycles. The van der Waals surface area contributed by atoms with E-state index in [0.717, 1.165) is 22.5 Å². The number of ether oxygens (including phenoxy) is 1. The van der Waals surface area contributed by atoms with Gasteiger partial charge in [0.15, 0.2) is 11.6 Å². The van der Waals surface area contributed by atoms with Crippen LogP contribution in [-0.4, -0.2) is 57.0 Å². The molecule has 1 aromatic rings. The molecule has 2 heterocycles. The van der Waals surface area contributed by atoms with E-state index in [4.69, 9.17) is 19.5 Å². The van der Waals surface area contributed by atoms with Crippen LogP contribution in [-0.2, 0) is 23.1 Å². The third-order valence-electron chi connectivity index (χ3n) is 4.02. The van der Waals surface area contributed by atoms with Crippen molar-refractivity contribution >= 4 is 31.3 Å². The van der Waals surface area contributed by atoms with Crippen LogP contribution in [0.3, 0.4) is 0 Å². The van der Waals surface area contributed by atoms with Crippen LogP contribution in [0.1, 0.15) is 26.0 Å². The molecule has 1 unspecified atom stereocenters. The fourth-order valence-electron chi connectivity index (χ4n) is 2.53. The zero-order valence-electron chi connectivity index (χ0n) is 16.6. The number of rotatable bonds is 10. The molecule has 1 aliphatic heterocycles. The lowest BCUT2D eigenvalue weighted by molar-refractivity contribution is -0.174. The summed E-state index contributed by atoms with van der Waals surface area (Å²) in [4.78, 5) is 35.9. The topological polar surface area (TPSA) is 155 Å². The van der Waals surface area contributed by atoms with Gasteiger partial charge in [-0.15, -0.1) is 11.8 Å². The second-order valence-corrected chi connectivity index (χ2v) is 9.18. The van der Waals surface area contributed by atoms with Crippen LogP contribution in [0.5, 0.6) is 0 Å². The van der Waals surface area contributed by atoms with Crippen molar-refractivity contribution in [2.24, 2.45) is 0 Å². The summed E-state index contributed by atoms with van der Waals surface area (Å²) >= 11 is 1.09. The van der Waals surface area contributed by atoms with E-state index in [1.807, 2.05) is 0 Å². The van der Waals surface area contributed by atoms with Gasteiger partial charge in [-0.05, 0) is 6.42 Å². The van der Waals surface area contributed by atoms with Gasteiger partial charge in [-0.25, -0.2) is 13.8 Å². The third-order valence-corrected chi connectivity index (χ3v) is 6.07. The highest BCUT2D eigenvalue weighted by Gasteiger charge is 2.40. The summed E-state index contributed by atoms with van der Waals surface area (Å²) < 4.78 is 78.5. The van der Waals surface area contributed by atoms with Crippen LogP contribution in [0.25, 0.3) is 0 Å². The van der Waals surface area contributed by atoms with Gasteiger partial charge in [0, 0.05) is 5.75 Å². The Bertz CT molecular complexity index is 919. The van der Waals surface area contributed by atoms with E-state index in [9.17, 15) is 36.6 Å². The summed E-state index contributed by atoms with van der Waals surface area (Å²) in [5.74, 6) is -3.52. The molecule has 32 heavy (non-hydrogen) atoms. The number of amides is 1. The molecule has 4 atom stereocenters. The average Bonchev–Trinajstić information content (AvgIpc) is 3.16. The van der Waals surface area contributed by atoms with Gasteiger partial charge in [0.2, 0.25) is 0 Å². The van der Waals surface area contributed by atoms with Gasteiger partial charge in [0.25, 0.3) is 0 Å². The Kier molecular flexibility index (Phi) is 9.07. The van der Waals surface area contributed by atoms with Gasteiger partial charge >= 0.3 is 25.6 Å². The summed E-state index contributed by atoms with van der Waals surface area (Å²) in [7, 11) is -4.71. The van der Waals surface area contributed by atoms with E-state index in [-0.39, 0.29) is 12.2 Å². The Hall–Kier alpha value is -1.71. The molecule has 17 heteroatoms. The van der Waals surface area contributed by atoms with Gasteiger partial charge in [0.1, 0.15) is 11.7 Å². The molecule has 0 saturated carbocycles. The number of aromatic nitrogens is 2. The second kappa shape index (κ2) is 10.9. The predicted octanol–water partition coefficient (Wildman–Crippen LogP) is 1.53. The van der Waals surface area contributed by atoms with Crippen LogP contribution in [0.2, 0.25) is 0 Å². The molecular formula is C15H21F4N4O7PS. The first kappa shape index (κ1) is 26.5. The van der Waals surface area contributed by atoms with Crippen molar-refractivity contribution in [3.8, 4) is 0 Å². The number of carbonyl (C=O) groups is 1. The number of alkyl halides is 3.